The lowest BCUT2D eigenvalue weighted by Crippen LogP contribution is -2.36. The normalized spacial score (nSPS) is 11.7. The first-order valence-electron chi connectivity index (χ1n) is 20.7. The van der Waals surface area contributed by atoms with Crippen molar-refractivity contribution in [1.82, 2.24) is 10.6 Å². The van der Waals surface area contributed by atoms with E-state index < -0.39 is 30.3 Å². The van der Waals surface area contributed by atoms with Crippen molar-refractivity contribution in [3.8, 4) is 50.7 Å². The molecule has 0 atom stereocenters. The van der Waals surface area contributed by atoms with Crippen molar-refractivity contribution in [3.05, 3.63) is 144 Å². The molecule has 0 radical (unpaired) electrons. The Hall–Kier alpha value is -7.68. The topological polar surface area (TPSA) is 221 Å². The van der Waals surface area contributed by atoms with Gasteiger partial charge in [-0.05, 0) is 98.5 Å². The highest BCUT2D eigenvalue weighted by Crippen LogP contribution is 2.48. The minimum absolute atomic E-state index is 0.0240. The lowest BCUT2D eigenvalue weighted by molar-refractivity contribution is -0.120. The number of phenols is 1. The van der Waals surface area contributed by atoms with Crippen molar-refractivity contribution in [2.75, 3.05) is 25.0 Å². The lowest BCUT2D eigenvalue weighted by Gasteiger charge is -2.21. The second-order valence-electron chi connectivity index (χ2n) is 15.5. The van der Waals surface area contributed by atoms with Gasteiger partial charge in [0.05, 0.1) is 38.6 Å². The molecule has 16 heteroatoms. The highest BCUT2D eigenvalue weighted by Gasteiger charge is 2.30. The van der Waals surface area contributed by atoms with Gasteiger partial charge in [0.25, 0.3) is 5.91 Å². The SMILES string of the molecule is CC/N=c1/cc2oc3cc(NCC)c(C)cc3c(-c3c(Cl)c(C(=O)NCC(=O)NCc4ccc(-c5c6ccc(=O)cc-6oc6cc(O)ccc56)c(C(=O)O)c4)cc(Cl)c3C(=O)O)c-2cc1C. The van der Waals surface area contributed by atoms with Crippen molar-refractivity contribution in [2.24, 2.45) is 4.99 Å². The van der Waals surface area contributed by atoms with Crippen molar-refractivity contribution >= 4 is 74.6 Å². The number of amides is 2. The molecule has 8 rings (SSSR count). The van der Waals surface area contributed by atoms with E-state index >= 15 is 0 Å². The number of phenolic OH excluding ortho intramolecular Hbond substituents is 1. The third-order valence-electron chi connectivity index (χ3n) is 11.2. The number of aromatic carboxylic acids is 2. The molecule has 66 heavy (non-hydrogen) atoms. The third-order valence-corrected chi connectivity index (χ3v) is 11.9. The van der Waals surface area contributed by atoms with Crippen molar-refractivity contribution < 1.29 is 43.3 Å². The minimum Gasteiger partial charge on any atom is -0.508 e. The molecule has 4 aliphatic rings. The summed E-state index contributed by atoms with van der Waals surface area (Å²) >= 11 is 13.8. The first kappa shape index (κ1) is 44.9. The predicted octanol–water partition coefficient (Wildman–Crippen LogP) is 9.51. The van der Waals surface area contributed by atoms with Crippen LogP contribution in [0, 0.1) is 13.8 Å². The number of aryl methyl sites for hydroxylation is 2. The first-order chi connectivity index (χ1) is 31.6. The van der Waals surface area contributed by atoms with Gasteiger partial charge in [0.1, 0.15) is 28.4 Å². The van der Waals surface area contributed by atoms with Gasteiger partial charge in [-0.3, -0.25) is 19.4 Å². The van der Waals surface area contributed by atoms with Crippen LogP contribution in [0.2, 0.25) is 10.0 Å². The Bertz CT molecular complexity index is 3410. The van der Waals surface area contributed by atoms with Gasteiger partial charge in [-0.1, -0.05) is 35.3 Å². The van der Waals surface area contributed by atoms with Crippen molar-refractivity contribution in [3.63, 3.8) is 0 Å². The number of halogens is 2. The van der Waals surface area contributed by atoms with Gasteiger partial charge in [-0.15, -0.1) is 0 Å². The third kappa shape index (κ3) is 8.39. The van der Waals surface area contributed by atoms with Gasteiger partial charge in [-0.2, -0.15) is 0 Å². The summed E-state index contributed by atoms with van der Waals surface area (Å²) in [5.41, 5.74) is 4.59. The molecule has 0 aromatic heterocycles. The highest BCUT2D eigenvalue weighted by molar-refractivity contribution is 6.41. The van der Waals surface area contributed by atoms with E-state index in [4.69, 9.17) is 32.0 Å². The molecule has 0 bridgehead atoms. The number of anilines is 1. The highest BCUT2D eigenvalue weighted by atomic mass is 35.5. The molecule has 2 aliphatic heterocycles. The van der Waals surface area contributed by atoms with Crippen LogP contribution >= 0.6 is 23.2 Å². The molecule has 0 saturated carbocycles. The lowest BCUT2D eigenvalue weighted by atomic mass is 9.88. The Morgan fingerprint density at radius 1 is 0.697 bits per heavy atom. The van der Waals surface area contributed by atoms with Gasteiger partial charge < -0.3 is 40.1 Å². The standard InChI is InChI=1S/C50H40Cl2N4O10/c1-5-53-36-19-40-32(13-23(36)3)44(33-14-24(4)37(54-6-2)20-41(33)66-40)46-45(50(63)64)35(51)18-34(47(46)52)48(60)56-22-42(59)55-21-25-7-10-28(31(15-25)49(61)62)43-29-11-8-26(57)16-38(29)65-39-17-27(58)9-12-30(39)43/h7-20,53,57H,5-6,21-22H2,1-4H3,(H,55,59)(H,56,60)(H,61,62)(H,63,64)/b54-37-. The Labute approximate surface area is 385 Å². The predicted molar refractivity (Wildman–Crippen MR) is 252 cm³/mol. The summed E-state index contributed by atoms with van der Waals surface area (Å²) < 4.78 is 12.4. The zero-order valence-electron chi connectivity index (χ0n) is 35.8. The summed E-state index contributed by atoms with van der Waals surface area (Å²) in [7, 11) is 0. The number of carbonyl (C=O) groups is 4. The van der Waals surface area contributed by atoms with Crippen LogP contribution in [-0.2, 0) is 11.3 Å². The number of carbonyl (C=O) groups excluding carboxylic acids is 2. The zero-order valence-corrected chi connectivity index (χ0v) is 37.3. The number of carboxylic acid groups (broad SMARTS) is 2. The number of fused-ring (bicyclic) bond motifs is 4. The molecule has 2 amide bonds. The van der Waals surface area contributed by atoms with Crippen molar-refractivity contribution in [1.29, 1.82) is 0 Å². The van der Waals surface area contributed by atoms with E-state index in [1.165, 1.54) is 30.3 Å². The number of nitrogens with one attached hydrogen (secondary N) is 3. The summed E-state index contributed by atoms with van der Waals surface area (Å²) in [4.78, 5) is 69.7. The Kier molecular flexibility index (Phi) is 12.3. The number of carboxylic acids is 2. The maximum atomic E-state index is 13.9. The molecule has 4 aromatic carbocycles. The van der Waals surface area contributed by atoms with E-state index in [0.29, 0.717) is 73.9 Å². The molecule has 14 nitrogen and oxygen atoms in total. The van der Waals surface area contributed by atoms with E-state index in [-0.39, 0.29) is 61.4 Å². The summed E-state index contributed by atoms with van der Waals surface area (Å²) in [5, 5.41) is 40.8. The van der Waals surface area contributed by atoms with Gasteiger partial charge in [0.15, 0.2) is 5.43 Å². The fourth-order valence-electron chi connectivity index (χ4n) is 8.18. The number of rotatable bonds is 12. The molecule has 4 aromatic rings. The molecule has 0 spiro atoms. The van der Waals surface area contributed by atoms with Crippen LogP contribution in [0.25, 0.3) is 66.8 Å². The van der Waals surface area contributed by atoms with Gasteiger partial charge in [0.2, 0.25) is 5.91 Å². The van der Waals surface area contributed by atoms with Gasteiger partial charge in [0, 0.05) is 88.2 Å². The molecule has 6 N–H and O–H groups in total. The summed E-state index contributed by atoms with van der Waals surface area (Å²) in [6, 6.07) is 21.6. The smallest absolute Gasteiger partial charge is 0.337 e. The van der Waals surface area contributed by atoms with Crippen LogP contribution in [0.3, 0.4) is 0 Å². The fourth-order valence-corrected chi connectivity index (χ4v) is 8.79. The molecule has 0 saturated heterocycles. The Morgan fingerprint density at radius 3 is 2.14 bits per heavy atom. The quantitative estimate of drug-likeness (QED) is 0.0634. The maximum absolute atomic E-state index is 13.9. The van der Waals surface area contributed by atoms with E-state index in [2.05, 4.69) is 20.9 Å². The van der Waals surface area contributed by atoms with Crippen LogP contribution in [0.5, 0.6) is 5.75 Å². The van der Waals surface area contributed by atoms with E-state index in [0.717, 1.165) is 22.9 Å². The minimum atomic E-state index is -1.39. The molecule has 2 aliphatic carbocycles. The molecule has 334 valence electrons. The van der Waals surface area contributed by atoms with Gasteiger partial charge >= 0.3 is 11.9 Å². The summed E-state index contributed by atoms with van der Waals surface area (Å²) in [6.07, 6.45) is 0. The molecular formula is C50H40Cl2N4O10. The van der Waals surface area contributed by atoms with Crippen LogP contribution in [0.4, 0.5) is 5.69 Å². The number of nitrogens with zero attached hydrogens (tertiary/aromatic N) is 1. The maximum Gasteiger partial charge on any atom is 0.337 e. The van der Waals surface area contributed by atoms with Gasteiger partial charge in [-0.25, -0.2) is 9.59 Å². The molecule has 2 heterocycles. The largest absolute Gasteiger partial charge is 0.508 e. The summed E-state index contributed by atoms with van der Waals surface area (Å²) in [5.74, 6) is -3.61. The first-order valence-corrected chi connectivity index (χ1v) is 21.5. The van der Waals surface area contributed by atoms with E-state index in [1.807, 2.05) is 45.9 Å². The van der Waals surface area contributed by atoms with Crippen LogP contribution in [-0.4, -0.2) is 58.7 Å². The molecular weight excluding hydrogens is 887 g/mol. The molecule has 0 unspecified atom stereocenters. The second kappa shape index (κ2) is 18.1. The number of hydrogen-bond donors (Lipinski definition) is 6. The van der Waals surface area contributed by atoms with Crippen LogP contribution < -0.4 is 26.7 Å². The summed E-state index contributed by atoms with van der Waals surface area (Å²) in [6.45, 7) is 8.10. The number of aromatic hydroxyl groups is 1. The number of hydrogen-bond acceptors (Lipinski definition) is 10. The fraction of sp³-hybridized carbons (Fsp3) is 0.160. The van der Waals surface area contributed by atoms with Crippen LogP contribution in [0.1, 0.15) is 61.6 Å². The van der Waals surface area contributed by atoms with E-state index in [9.17, 15) is 39.3 Å². The van der Waals surface area contributed by atoms with Crippen molar-refractivity contribution in [2.45, 2.75) is 34.2 Å². The monoisotopic (exact) mass is 926 g/mol. The Morgan fingerprint density at radius 2 is 1.42 bits per heavy atom. The average molecular weight is 928 g/mol. The zero-order chi connectivity index (χ0) is 47.1. The Balaban J connectivity index is 1.10. The number of benzene rings is 6. The second-order valence-corrected chi connectivity index (χ2v) is 16.3. The van der Waals surface area contributed by atoms with E-state index in [1.54, 1.807) is 30.3 Å². The van der Waals surface area contributed by atoms with Crippen LogP contribution in [0.15, 0.2) is 104 Å². The average Bonchev–Trinajstić information content (AvgIpc) is 3.27. The molecule has 0 fully saturated rings.